The first kappa shape index (κ1) is 10.9. The standard InChI is InChI=1S/C9H3BrCl2FNO/c10-7-8(14-15-9(7)12)5-3-4(13)1-2-6(5)11/h1-3H. The van der Waals surface area contributed by atoms with Crippen molar-refractivity contribution in [2.45, 2.75) is 0 Å². The predicted molar refractivity (Wildman–Crippen MR) is 59.6 cm³/mol. The van der Waals surface area contributed by atoms with Crippen LogP contribution in [0.4, 0.5) is 4.39 Å². The molecule has 0 aliphatic carbocycles. The largest absolute Gasteiger partial charge is 0.343 e. The molecule has 0 radical (unpaired) electrons. The number of rotatable bonds is 1. The van der Waals surface area contributed by atoms with Crippen molar-refractivity contribution in [3.05, 3.63) is 38.7 Å². The SMILES string of the molecule is Fc1ccc(Cl)c(-c2noc(Cl)c2Br)c1. The summed E-state index contributed by atoms with van der Waals surface area (Å²) in [5.41, 5.74) is 0.809. The molecule has 78 valence electrons. The first-order chi connectivity index (χ1) is 7.09. The molecule has 6 heteroatoms. The Morgan fingerprint density at radius 2 is 2.07 bits per heavy atom. The lowest BCUT2D eigenvalue weighted by Crippen LogP contribution is -1.82. The van der Waals surface area contributed by atoms with Gasteiger partial charge in [-0.2, -0.15) is 0 Å². The smallest absolute Gasteiger partial charge is 0.240 e. The minimum Gasteiger partial charge on any atom is -0.343 e. The summed E-state index contributed by atoms with van der Waals surface area (Å²) in [5, 5.41) is 4.16. The molecule has 0 bridgehead atoms. The van der Waals surface area contributed by atoms with Crippen LogP contribution < -0.4 is 0 Å². The molecule has 2 nitrogen and oxygen atoms in total. The van der Waals surface area contributed by atoms with Crippen LogP contribution in [0.1, 0.15) is 0 Å². The van der Waals surface area contributed by atoms with Gasteiger partial charge >= 0.3 is 0 Å². The van der Waals surface area contributed by atoms with Gasteiger partial charge in [-0.05, 0) is 45.7 Å². The van der Waals surface area contributed by atoms with Crippen molar-refractivity contribution >= 4 is 39.1 Å². The molecule has 0 saturated heterocycles. The second-order valence-electron chi connectivity index (χ2n) is 2.74. The molecule has 2 aromatic rings. The van der Waals surface area contributed by atoms with Gasteiger partial charge in [-0.1, -0.05) is 16.8 Å². The van der Waals surface area contributed by atoms with Crippen molar-refractivity contribution in [2.24, 2.45) is 0 Å². The van der Waals surface area contributed by atoms with E-state index < -0.39 is 5.82 Å². The third kappa shape index (κ3) is 2.02. The minimum atomic E-state index is -0.402. The molecular formula is C9H3BrCl2FNO. The van der Waals surface area contributed by atoms with Crippen LogP contribution in [-0.2, 0) is 0 Å². The molecular weight excluding hydrogens is 308 g/mol. The molecule has 0 saturated carbocycles. The summed E-state index contributed by atoms with van der Waals surface area (Å²) in [6, 6.07) is 3.98. The number of aromatic nitrogens is 1. The van der Waals surface area contributed by atoms with Crippen molar-refractivity contribution in [2.75, 3.05) is 0 Å². The summed E-state index contributed by atoms with van der Waals surface area (Å²) in [4.78, 5) is 0. The summed E-state index contributed by atoms with van der Waals surface area (Å²) in [6.45, 7) is 0. The van der Waals surface area contributed by atoms with Crippen molar-refractivity contribution in [3.8, 4) is 11.3 Å². The second-order valence-corrected chi connectivity index (χ2v) is 4.29. The van der Waals surface area contributed by atoms with Crippen LogP contribution in [0.3, 0.4) is 0 Å². The van der Waals surface area contributed by atoms with Gasteiger partial charge in [0.25, 0.3) is 0 Å². The summed E-state index contributed by atoms with van der Waals surface area (Å²) in [7, 11) is 0. The number of benzene rings is 1. The predicted octanol–water partition coefficient (Wildman–Crippen LogP) is 4.55. The van der Waals surface area contributed by atoms with Crippen LogP contribution >= 0.6 is 39.1 Å². The van der Waals surface area contributed by atoms with E-state index in [1.54, 1.807) is 0 Å². The van der Waals surface area contributed by atoms with Gasteiger partial charge in [-0.3, -0.25) is 0 Å². The fourth-order valence-corrected chi connectivity index (χ4v) is 1.79. The second kappa shape index (κ2) is 4.12. The Bertz CT molecular complexity index is 515. The van der Waals surface area contributed by atoms with Gasteiger partial charge in [0.1, 0.15) is 16.0 Å². The lowest BCUT2D eigenvalue weighted by Gasteiger charge is -2.00. The summed E-state index contributed by atoms with van der Waals surface area (Å²) in [5.74, 6) is -0.402. The van der Waals surface area contributed by atoms with E-state index in [9.17, 15) is 4.39 Å². The Balaban J connectivity index is 2.63. The number of hydrogen-bond donors (Lipinski definition) is 0. The molecule has 0 spiro atoms. The van der Waals surface area contributed by atoms with E-state index in [0.717, 1.165) is 0 Å². The molecule has 1 heterocycles. The van der Waals surface area contributed by atoms with Crippen LogP contribution in [0.2, 0.25) is 10.2 Å². The highest BCUT2D eigenvalue weighted by atomic mass is 79.9. The third-order valence-electron chi connectivity index (χ3n) is 1.78. The summed E-state index contributed by atoms with van der Waals surface area (Å²) >= 11 is 14.7. The average Bonchev–Trinajstić information content (AvgIpc) is 2.52. The maximum Gasteiger partial charge on any atom is 0.240 e. The highest BCUT2D eigenvalue weighted by Gasteiger charge is 2.16. The van der Waals surface area contributed by atoms with Gasteiger partial charge in [-0.15, -0.1) is 0 Å². The van der Waals surface area contributed by atoms with Crippen LogP contribution in [0, 0.1) is 5.82 Å². The zero-order valence-electron chi connectivity index (χ0n) is 7.10. The summed E-state index contributed by atoms with van der Waals surface area (Å²) in [6.07, 6.45) is 0. The molecule has 0 amide bonds. The van der Waals surface area contributed by atoms with Crippen LogP contribution in [0.25, 0.3) is 11.3 Å². The van der Waals surface area contributed by atoms with Crippen LogP contribution in [0.5, 0.6) is 0 Å². The van der Waals surface area contributed by atoms with Gasteiger partial charge in [0.15, 0.2) is 0 Å². The molecule has 0 aliphatic heterocycles. The molecule has 0 fully saturated rings. The maximum absolute atomic E-state index is 13.0. The first-order valence-corrected chi connectivity index (χ1v) is 5.40. The van der Waals surface area contributed by atoms with Crippen molar-refractivity contribution in [3.63, 3.8) is 0 Å². The Kier molecular flexibility index (Phi) is 3.00. The Hall–Kier alpha value is -0.580. The van der Waals surface area contributed by atoms with Crippen LogP contribution in [-0.4, -0.2) is 5.16 Å². The maximum atomic E-state index is 13.0. The number of halogens is 4. The molecule has 15 heavy (non-hydrogen) atoms. The van der Waals surface area contributed by atoms with E-state index in [-0.39, 0.29) is 5.22 Å². The third-order valence-corrected chi connectivity index (χ3v) is 3.33. The van der Waals surface area contributed by atoms with E-state index in [1.807, 2.05) is 0 Å². The Labute approximate surface area is 103 Å². The van der Waals surface area contributed by atoms with E-state index in [1.165, 1.54) is 18.2 Å². The lowest BCUT2D eigenvalue weighted by atomic mass is 10.1. The van der Waals surface area contributed by atoms with Crippen molar-refractivity contribution in [1.82, 2.24) is 5.16 Å². The number of hydrogen-bond acceptors (Lipinski definition) is 2. The first-order valence-electron chi connectivity index (χ1n) is 3.85. The fourth-order valence-electron chi connectivity index (χ4n) is 1.11. The average molecular weight is 311 g/mol. The quantitative estimate of drug-likeness (QED) is 0.772. The van der Waals surface area contributed by atoms with Gasteiger partial charge in [-0.25, -0.2) is 4.39 Å². The molecule has 0 unspecified atom stereocenters. The van der Waals surface area contributed by atoms with E-state index in [2.05, 4.69) is 21.1 Å². The highest BCUT2D eigenvalue weighted by Crippen LogP contribution is 2.36. The summed E-state index contributed by atoms with van der Waals surface area (Å²) < 4.78 is 18.2. The highest BCUT2D eigenvalue weighted by molar-refractivity contribution is 9.10. The molecule has 2 rings (SSSR count). The van der Waals surface area contributed by atoms with E-state index in [0.29, 0.717) is 20.8 Å². The Morgan fingerprint density at radius 1 is 1.33 bits per heavy atom. The fraction of sp³-hybridized carbons (Fsp3) is 0. The van der Waals surface area contributed by atoms with E-state index in [4.69, 9.17) is 27.7 Å². The normalized spacial score (nSPS) is 10.7. The Morgan fingerprint density at radius 3 is 2.67 bits per heavy atom. The molecule has 0 aliphatic rings. The van der Waals surface area contributed by atoms with Gasteiger partial charge < -0.3 is 4.52 Å². The zero-order chi connectivity index (χ0) is 11.0. The molecule has 1 aromatic heterocycles. The monoisotopic (exact) mass is 309 g/mol. The molecule has 0 atom stereocenters. The van der Waals surface area contributed by atoms with E-state index >= 15 is 0 Å². The van der Waals surface area contributed by atoms with Gasteiger partial charge in [0, 0.05) is 5.56 Å². The zero-order valence-corrected chi connectivity index (χ0v) is 10.2. The van der Waals surface area contributed by atoms with Crippen LogP contribution in [0.15, 0.2) is 27.2 Å². The van der Waals surface area contributed by atoms with Crippen molar-refractivity contribution in [1.29, 1.82) is 0 Å². The van der Waals surface area contributed by atoms with Crippen molar-refractivity contribution < 1.29 is 8.91 Å². The number of nitrogens with zero attached hydrogens (tertiary/aromatic N) is 1. The lowest BCUT2D eigenvalue weighted by molar-refractivity contribution is 0.423. The van der Waals surface area contributed by atoms with Gasteiger partial charge in [0.2, 0.25) is 5.22 Å². The molecule has 0 N–H and O–H groups in total. The topological polar surface area (TPSA) is 26.0 Å². The minimum absolute atomic E-state index is 0.102. The van der Waals surface area contributed by atoms with Gasteiger partial charge in [0.05, 0.1) is 5.02 Å². The molecule has 1 aromatic carbocycles.